The van der Waals surface area contributed by atoms with Crippen molar-refractivity contribution >= 4 is 17.5 Å². The highest BCUT2D eigenvalue weighted by Crippen LogP contribution is 2.45. The Kier molecular flexibility index (Phi) is 4.61. The second kappa shape index (κ2) is 6.70. The molecule has 1 unspecified atom stereocenters. The largest absolute Gasteiger partial charge is 0.504 e. The molecule has 1 aromatic carbocycles. The fourth-order valence-electron chi connectivity index (χ4n) is 3.70. The first kappa shape index (κ1) is 17.2. The van der Waals surface area contributed by atoms with Gasteiger partial charge < -0.3 is 14.6 Å². The van der Waals surface area contributed by atoms with E-state index in [4.69, 9.17) is 9.47 Å². The number of ether oxygens (including phenoxy) is 2. The van der Waals surface area contributed by atoms with Crippen molar-refractivity contribution in [2.24, 2.45) is 10.9 Å². The molecule has 2 atom stereocenters. The van der Waals surface area contributed by atoms with E-state index < -0.39 is 17.8 Å². The molecular weight excluding hydrogens is 322 g/mol. The van der Waals surface area contributed by atoms with Gasteiger partial charge in [-0.2, -0.15) is 0 Å². The number of carbonyl (C=O) groups is 2. The van der Waals surface area contributed by atoms with Crippen LogP contribution in [0.5, 0.6) is 11.5 Å². The van der Waals surface area contributed by atoms with Crippen LogP contribution in [0.2, 0.25) is 0 Å². The van der Waals surface area contributed by atoms with E-state index in [2.05, 4.69) is 4.99 Å². The van der Waals surface area contributed by atoms with Crippen LogP contribution in [-0.4, -0.2) is 36.8 Å². The van der Waals surface area contributed by atoms with Crippen molar-refractivity contribution in [3.8, 4) is 11.5 Å². The first-order chi connectivity index (χ1) is 12.0. The number of benzene rings is 1. The fourth-order valence-corrected chi connectivity index (χ4v) is 3.70. The van der Waals surface area contributed by atoms with Crippen molar-refractivity contribution in [3.05, 3.63) is 35.0 Å². The Morgan fingerprint density at radius 3 is 2.68 bits per heavy atom. The number of hydrogen-bond acceptors (Lipinski definition) is 6. The standard InChI is InChI=1S/C19H21NO5/c1-10-16(19(23)25-3)17(11-7-8-15(24-2)14(22)9-11)18-12(20-10)5-4-6-13(18)21/h7-9,16-17,22H,4-6H2,1-3H3/t16?,17-/m1/s1. The van der Waals surface area contributed by atoms with Crippen LogP contribution in [0.3, 0.4) is 0 Å². The summed E-state index contributed by atoms with van der Waals surface area (Å²) >= 11 is 0. The molecule has 0 spiro atoms. The Balaban J connectivity index is 2.18. The zero-order chi connectivity index (χ0) is 18.1. The highest BCUT2D eigenvalue weighted by molar-refractivity contribution is 6.08. The SMILES string of the molecule is COC(=O)C1C(C)=NC2=C(C(=O)CCC2)[C@@H]1c1ccc(OC)c(O)c1. The lowest BCUT2D eigenvalue weighted by atomic mass is 9.71. The number of nitrogens with zero attached hydrogens (tertiary/aromatic N) is 1. The number of allylic oxidation sites excluding steroid dienone is 2. The Morgan fingerprint density at radius 1 is 1.28 bits per heavy atom. The highest BCUT2D eigenvalue weighted by Gasteiger charge is 2.43. The summed E-state index contributed by atoms with van der Waals surface area (Å²) in [5.41, 5.74) is 2.61. The van der Waals surface area contributed by atoms with Gasteiger partial charge in [0.15, 0.2) is 17.3 Å². The molecule has 1 aliphatic carbocycles. The van der Waals surface area contributed by atoms with Crippen molar-refractivity contribution in [2.45, 2.75) is 32.1 Å². The maximum Gasteiger partial charge on any atom is 0.315 e. The summed E-state index contributed by atoms with van der Waals surface area (Å²) in [5, 5.41) is 10.2. The van der Waals surface area contributed by atoms with Gasteiger partial charge in [0.25, 0.3) is 0 Å². The Hall–Kier alpha value is -2.63. The molecule has 1 aliphatic heterocycles. The summed E-state index contributed by atoms with van der Waals surface area (Å²) < 4.78 is 10.0. The minimum atomic E-state index is -0.682. The molecule has 1 heterocycles. The van der Waals surface area contributed by atoms with Crippen LogP contribution in [0.4, 0.5) is 0 Å². The second-order valence-corrected chi connectivity index (χ2v) is 6.30. The van der Waals surface area contributed by atoms with Gasteiger partial charge in [-0.25, -0.2) is 0 Å². The zero-order valence-corrected chi connectivity index (χ0v) is 14.5. The van der Waals surface area contributed by atoms with E-state index in [1.165, 1.54) is 14.2 Å². The van der Waals surface area contributed by atoms with E-state index in [9.17, 15) is 14.7 Å². The van der Waals surface area contributed by atoms with Crippen LogP contribution < -0.4 is 4.74 Å². The summed E-state index contributed by atoms with van der Waals surface area (Å²) in [4.78, 5) is 29.6. The van der Waals surface area contributed by atoms with Gasteiger partial charge in [0.2, 0.25) is 0 Å². The van der Waals surface area contributed by atoms with Gasteiger partial charge >= 0.3 is 5.97 Å². The number of aromatic hydroxyl groups is 1. The summed E-state index contributed by atoms with van der Waals surface area (Å²) in [7, 11) is 2.79. The monoisotopic (exact) mass is 343 g/mol. The highest BCUT2D eigenvalue weighted by atomic mass is 16.5. The number of Topliss-reactive ketones (excluding diaryl/α,β-unsaturated/α-hetero) is 1. The first-order valence-electron chi connectivity index (χ1n) is 8.24. The van der Waals surface area contributed by atoms with E-state index in [-0.39, 0.29) is 11.5 Å². The molecule has 1 aromatic rings. The number of phenolic OH excluding ortho intramolecular Hbond substituents is 1. The number of phenols is 1. The molecule has 0 saturated carbocycles. The second-order valence-electron chi connectivity index (χ2n) is 6.30. The third kappa shape index (κ3) is 2.92. The van der Waals surface area contributed by atoms with Gasteiger partial charge in [-0.3, -0.25) is 14.6 Å². The van der Waals surface area contributed by atoms with Gasteiger partial charge in [-0.1, -0.05) is 6.07 Å². The van der Waals surface area contributed by atoms with Crippen LogP contribution >= 0.6 is 0 Å². The quantitative estimate of drug-likeness (QED) is 0.853. The third-order valence-electron chi connectivity index (χ3n) is 4.85. The number of carbonyl (C=O) groups excluding carboxylic acids is 2. The van der Waals surface area contributed by atoms with Crippen molar-refractivity contribution in [3.63, 3.8) is 0 Å². The van der Waals surface area contributed by atoms with Crippen LogP contribution in [0.1, 0.15) is 37.7 Å². The lowest BCUT2D eigenvalue weighted by Crippen LogP contribution is -2.36. The number of ketones is 1. The lowest BCUT2D eigenvalue weighted by molar-refractivity contribution is -0.143. The van der Waals surface area contributed by atoms with E-state index >= 15 is 0 Å². The molecule has 0 bridgehead atoms. The predicted molar refractivity (Wildman–Crippen MR) is 91.9 cm³/mol. The van der Waals surface area contributed by atoms with Crippen LogP contribution in [0, 0.1) is 5.92 Å². The molecule has 2 aliphatic rings. The Morgan fingerprint density at radius 2 is 2.04 bits per heavy atom. The van der Waals surface area contributed by atoms with Gasteiger partial charge in [0.1, 0.15) is 5.92 Å². The van der Waals surface area contributed by atoms with Crippen molar-refractivity contribution < 1.29 is 24.2 Å². The number of hydrogen-bond donors (Lipinski definition) is 1. The van der Waals surface area contributed by atoms with Gasteiger partial charge in [0.05, 0.1) is 14.2 Å². The number of rotatable bonds is 3. The van der Waals surface area contributed by atoms with Crippen molar-refractivity contribution in [1.29, 1.82) is 0 Å². The van der Waals surface area contributed by atoms with E-state index in [1.54, 1.807) is 25.1 Å². The molecule has 3 rings (SSSR count). The average molecular weight is 343 g/mol. The Labute approximate surface area is 146 Å². The first-order valence-corrected chi connectivity index (χ1v) is 8.24. The minimum Gasteiger partial charge on any atom is -0.504 e. The summed E-state index contributed by atoms with van der Waals surface area (Å²) in [6.07, 6.45) is 1.92. The van der Waals surface area contributed by atoms with Crippen molar-refractivity contribution in [1.82, 2.24) is 0 Å². The topological polar surface area (TPSA) is 85.2 Å². The molecule has 0 saturated heterocycles. The summed E-state index contributed by atoms with van der Waals surface area (Å²) in [6, 6.07) is 4.95. The fraction of sp³-hybridized carbons (Fsp3) is 0.421. The van der Waals surface area contributed by atoms with Gasteiger partial charge in [0, 0.05) is 29.3 Å². The predicted octanol–water partition coefficient (Wildman–Crippen LogP) is 2.76. The molecule has 0 fully saturated rings. The lowest BCUT2D eigenvalue weighted by Gasteiger charge is -2.34. The number of methoxy groups -OCH3 is 2. The van der Waals surface area contributed by atoms with E-state index in [0.29, 0.717) is 35.4 Å². The van der Waals surface area contributed by atoms with Crippen molar-refractivity contribution in [2.75, 3.05) is 14.2 Å². The average Bonchev–Trinajstić information content (AvgIpc) is 2.60. The normalized spacial score (nSPS) is 23.0. The third-order valence-corrected chi connectivity index (χ3v) is 4.85. The van der Waals surface area contributed by atoms with E-state index in [1.807, 2.05) is 0 Å². The molecule has 132 valence electrons. The molecule has 0 amide bonds. The Bertz CT molecular complexity index is 793. The minimum absolute atomic E-state index is 0.00621. The molecule has 6 nitrogen and oxygen atoms in total. The summed E-state index contributed by atoms with van der Waals surface area (Å²) in [6.45, 7) is 1.78. The van der Waals surface area contributed by atoms with Gasteiger partial charge in [-0.05, 0) is 37.5 Å². The maximum absolute atomic E-state index is 12.6. The number of esters is 1. The molecule has 1 N–H and O–H groups in total. The van der Waals surface area contributed by atoms with Crippen LogP contribution in [0.25, 0.3) is 0 Å². The van der Waals surface area contributed by atoms with Crippen LogP contribution in [0.15, 0.2) is 34.5 Å². The zero-order valence-electron chi connectivity index (χ0n) is 14.5. The smallest absolute Gasteiger partial charge is 0.315 e. The van der Waals surface area contributed by atoms with E-state index in [0.717, 1.165) is 12.1 Å². The molecule has 6 heteroatoms. The summed E-state index contributed by atoms with van der Waals surface area (Å²) in [5.74, 6) is -1.32. The maximum atomic E-state index is 12.6. The number of aliphatic imine (C=N–C) groups is 1. The molecule has 25 heavy (non-hydrogen) atoms. The van der Waals surface area contributed by atoms with Crippen LogP contribution in [-0.2, 0) is 14.3 Å². The molecule has 0 radical (unpaired) electrons. The molecule has 0 aromatic heterocycles. The molecular formula is C19H21NO5. The van der Waals surface area contributed by atoms with Gasteiger partial charge in [-0.15, -0.1) is 0 Å².